The Kier molecular flexibility index (Phi) is 5.25. The second kappa shape index (κ2) is 6.26. The van der Waals surface area contributed by atoms with Crippen molar-refractivity contribution < 1.29 is 8.42 Å². The Morgan fingerprint density at radius 3 is 2.61 bits per heavy atom. The molecule has 0 aliphatic rings. The zero-order chi connectivity index (χ0) is 13.8. The molecule has 1 rings (SSSR count). The van der Waals surface area contributed by atoms with E-state index >= 15 is 0 Å². The molecule has 1 aromatic carbocycles. The smallest absolute Gasteiger partial charge is 0.240 e. The van der Waals surface area contributed by atoms with E-state index in [1.165, 1.54) is 6.07 Å². The first-order valence-corrected chi connectivity index (χ1v) is 7.67. The van der Waals surface area contributed by atoms with Crippen molar-refractivity contribution in [1.82, 2.24) is 4.72 Å². The molecule has 3 N–H and O–H groups in total. The standard InChI is InChI=1S/C12H18N2O2S2/c1-3-4-7-14-18(15,16)11-6-5-10(12(13)17)8-9(11)2/h5-6,8,14H,3-4,7H2,1-2H3,(H2,13,17). The van der Waals surface area contributed by atoms with Crippen molar-refractivity contribution >= 4 is 27.2 Å². The topological polar surface area (TPSA) is 72.2 Å². The Morgan fingerprint density at radius 2 is 2.11 bits per heavy atom. The highest BCUT2D eigenvalue weighted by Gasteiger charge is 2.16. The van der Waals surface area contributed by atoms with Gasteiger partial charge < -0.3 is 5.73 Å². The zero-order valence-corrected chi connectivity index (χ0v) is 12.2. The van der Waals surface area contributed by atoms with Gasteiger partial charge in [-0.15, -0.1) is 0 Å². The molecule has 0 unspecified atom stereocenters. The van der Waals surface area contributed by atoms with E-state index in [0.717, 1.165) is 12.8 Å². The number of benzene rings is 1. The van der Waals surface area contributed by atoms with Gasteiger partial charge in [0.05, 0.1) is 4.90 Å². The molecule has 4 nitrogen and oxygen atoms in total. The van der Waals surface area contributed by atoms with Crippen molar-refractivity contribution in [1.29, 1.82) is 0 Å². The largest absolute Gasteiger partial charge is 0.389 e. The van der Waals surface area contributed by atoms with E-state index in [2.05, 4.69) is 4.72 Å². The van der Waals surface area contributed by atoms with Gasteiger partial charge in [-0.25, -0.2) is 13.1 Å². The van der Waals surface area contributed by atoms with Crippen LogP contribution in [0.2, 0.25) is 0 Å². The van der Waals surface area contributed by atoms with Crippen LogP contribution in [0.3, 0.4) is 0 Å². The lowest BCUT2D eigenvalue weighted by Gasteiger charge is -2.10. The first kappa shape index (κ1) is 15.1. The second-order valence-corrected chi connectivity index (χ2v) is 6.27. The Balaban J connectivity index is 2.99. The number of sulfonamides is 1. The SMILES string of the molecule is CCCCNS(=O)(=O)c1ccc(C(N)=S)cc1C. The highest BCUT2D eigenvalue weighted by molar-refractivity contribution is 7.89. The third-order valence-electron chi connectivity index (χ3n) is 2.57. The maximum absolute atomic E-state index is 12.0. The first-order chi connectivity index (χ1) is 8.38. The van der Waals surface area contributed by atoms with Crippen molar-refractivity contribution in [2.45, 2.75) is 31.6 Å². The molecule has 100 valence electrons. The van der Waals surface area contributed by atoms with Crippen molar-refractivity contribution in [2.75, 3.05) is 6.54 Å². The van der Waals surface area contributed by atoms with Crippen LogP contribution in [0.5, 0.6) is 0 Å². The molecule has 0 aliphatic carbocycles. The van der Waals surface area contributed by atoms with Crippen molar-refractivity contribution in [2.24, 2.45) is 5.73 Å². The summed E-state index contributed by atoms with van der Waals surface area (Å²) in [5.74, 6) is 0. The fraction of sp³-hybridized carbons (Fsp3) is 0.417. The highest BCUT2D eigenvalue weighted by atomic mass is 32.2. The maximum Gasteiger partial charge on any atom is 0.240 e. The number of hydrogen-bond donors (Lipinski definition) is 2. The van der Waals surface area contributed by atoms with Crippen LogP contribution in [-0.4, -0.2) is 20.0 Å². The summed E-state index contributed by atoms with van der Waals surface area (Å²) < 4.78 is 26.6. The Bertz CT molecular complexity index is 539. The number of hydrogen-bond acceptors (Lipinski definition) is 3. The monoisotopic (exact) mass is 286 g/mol. The van der Waals surface area contributed by atoms with Gasteiger partial charge in [0.15, 0.2) is 0 Å². The third-order valence-corrected chi connectivity index (χ3v) is 4.43. The molecule has 0 atom stereocenters. The minimum atomic E-state index is -3.44. The van der Waals surface area contributed by atoms with Gasteiger partial charge in [-0.2, -0.15) is 0 Å². The van der Waals surface area contributed by atoms with Crippen LogP contribution in [-0.2, 0) is 10.0 Å². The molecule has 1 aromatic rings. The van der Waals surface area contributed by atoms with E-state index in [4.69, 9.17) is 18.0 Å². The van der Waals surface area contributed by atoms with E-state index in [1.54, 1.807) is 19.1 Å². The van der Waals surface area contributed by atoms with E-state index in [-0.39, 0.29) is 9.88 Å². The minimum Gasteiger partial charge on any atom is -0.389 e. The summed E-state index contributed by atoms with van der Waals surface area (Å²) in [5, 5.41) is 0. The summed E-state index contributed by atoms with van der Waals surface area (Å²) in [6.07, 6.45) is 1.77. The fourth-order valence-electron chi connectivity index (χ4n) is 1.57. The molecular formula is C12H18N2O2S2. The lowest BCUT2D eigenvalue weighted by atomic mass is 10.1. The Morgan fingerprint density at radius 1 is 1.44 bits per heavy atom. The van der Waals surface area contributed by atoms with Crippen LogP contribution in [0.4, 0.5) is 0 Å². The molecule has 0 heterocycles. The van der Waals surface area contributed by atoms with Crippen molar-refractivity contribution in [3.05, 3.63) is 29.3 Å². The lowest BCUT2D eigenvalue weighted by molar-refractivity contribution is 0.578. The highest BCUT2D eigenvalue weighted by Crippen LogP contribution is 2.16. The van der Waals surface area contributed by atoms with Gasteiger partial charge in [-0.3, -0.25) is 0 Å². The number of thiocarbonyl (C=S) groups is 1. The van der Waals surface area contributed by atoms with Crippen molar-refractivity contribution in [3.63, 3.8) is 0 Å². The third kappa shape index (κ3) is 3.76. The molecule has 0 saturated carbocycles. The molecule has 0 aromatic heterocycles. The van der Waals surface area contributed by atoms with Gasteiger partial charge in [0.25, 0.3) is 0 Å². The van der Waals surface area contributed by atoms with Crippen LogP contribution >= 0.6 is 12.2 Å². The summed E-state index contributed by atoms with van der Waals surface area (Å²) in [6.45, 7) is 4.20. The number of rotatable bonds is 6. The van der Waals surface area contributed by atoms with Gasteiger partial charge in [0.1, 0.15) is 4.99 Å². The molecule has 0 bridgehead atoms. The maximum atomic E-state index is 12.0. The average Bonchev–Trinajstić information content (AvgIpc) is 2.28. The molecule has 0 spiro atoms. The van der Waals surface area contributed by atoms with E-state index in [0.29, 0.717) is 17.7 Å². The fourth-order valence-corrected chi connectivity index (χ4v) is 2.99. The first-order valence-electron chi connectivity index (χ1n) is 5.78. The van der Waals surface area contributed by atoms with Crippen LogP contribution in [0, 0.1) is 6.92 Å². The lowest BCUT2D eigenvalue weighted by Crippen LogP contribution is -2.25. The molecule has 0 saturated heterocycles. The van der Waals surface area contributed by atoms with Gasteiger partial charge in [0.2, 0.25) is 10.0 Å². The molecule has 18 heavy (non-hydrogen) atoms. The Hall–Kier alpha value is -0.980. The van der Waals surface area contributed by atoms with E-state index in [9.17, 15) is 8.42 Å². The van der Waals surface area contributed by atoms with E-state index in [1.807, 2.05) is 6.92 Å². The molecule has 6 heteroatoms. The predicted molar refractivity (Wildman–Crippen MR) is 77.2 cm³/mol. The predicted octanol–water partition coefficient (Wildman–Crippen LogP) is 1.71. The van der Waals surface area contributed by atoms with Gasteiger partial charge >= 0.3 is 0 Å². The number of aryl methyl sites for hydroxylation is 1. The second-order valence-electron chi connectivity index (χ2n) is 4.10. The van der Waals surface area contributed by atoms with Gasteiger partial charge in [0, 0.05) is 12.1 Å². The molecule has 0 aliphatic heterocycles. The van der Waals surface area contributed by atoms with Crippen molar-refractivity contribution in [3.8, 4) is 0 Å². The summed E-state index contributed by atoms with van der Waals surface area (Å²) in [6, 6.07) is 4.86. The van der Waals surface area contributed by atoms with Crippen LogP contribution < -0.4 is 10.5 Å². The summed E-state index contributed by atoms with van der Waals surface area (Å²) in [5.41, 5.74) is 6.83. The normalized spacial score (nSPS) is 11.4. The molecule has 0 amide bonds. The number of nitrogens with one attached hydrogen (secondary N) is 1. The van der Waals surface area contributed by atoms with Crippen LogP contribution in [0.25, 0.3) is 0 Å². The summed E-state index contributed by atoms with van der Waals surface area (Å²) >= 11 is 4.86. The molecule has 0 radical (unpaired) electrons. The zero-order valence-electron chi connectivity index (χ0n) is 10.6. The minimum absolute atomic E-state index is 0.265. The van der Waals surface area contributed by atoms with Crippen LogP contribution in [0.1, 0.15) is 30.9 Å². The molecular weight excluding hydrogens is 268 g/mol. The number of nitrogens with two attached hydrogens (primary N) is 1. The van der Waals surface area contributed by atoms with Crippen LogP contribution in [0.15, 0.2) is 23.1 Å². The quantitative estimate of drug-likeness (QED) is 0.617. The summed E-state index contributed by atoms with van der Waals surface area (Å²) in [4.78, 5) is 0.541. The summed E-state index contributed by atoms with van der Waals surface area (Å²) in [7, 11) is -3.44. The Labute approximate surface area is 114 Å². The van der Waals surface area contributed by atoms with Gasteiger partial charge in [-0.1, -0.05) is 31.6 Å². The number of unbranched alkanes of at least 4 members (excludes halogenated alkanes) is 1. The average molecular weight is 286 g/mol. The van der Waals surface area contributed by atoms with Gasteiger partial charge in [-0.05, 0) is 31.0 Å². The van der Waals surface area contributed by atoms with E-state index < -0.39 is 10.0 Å². The molecule has 0 fully saturated rings.